The fourth-order valence-electron chi connectivity index (χ4n) is 0.973. The van der Waals surface area contributed by atoms with Crippen LogP contribution in [0.2, 0.25) is 5.02 Å². The number of halogens is 5. The lowest BCUT2D eigenvalue weighted by Gasteiger charge is -2.09. The Morgan fingerprint density at radius 3 is 2.47 bits per heavy atom. The van der Waals surface area contributed by atoms with Gasteiger partial charge in [-0.2, -0.15) is 13.2 Å². The highest BCUT2D eigenvalue weighted by Gasteiger charge is 2.27. The van der Waals surface area contributed by atoms with Crippen LogP contribution in [0.1, 0.15) is 0 Å². The summed E-state index contributed by atoms with van der Waals surface area (Å²) in [5.41, 5.74) is 0. The molecule has 0 saturated heterocycles. The van der Waals surface area contributed by atoms with Crippen LogP contribution in [-0.4, -0.2) is 26.0 Å². The van der Waals surface area contributed by atoms with E-state index in [9.17, 15) is 17.6 Å². The molecule has 0 amide bonds. The molecule has 0 radical (unpaired) electrons. The third-order valence-electron chi connectivity index (χ3n) is 1.65. The maximum atomic E-state index is 12.9. The quantitative estimate of drug-likeness (QED) is 0.604. The molecule has 1 aromatic rings. The first-order valence-electron chi connectivity index (χ1n) is 4.61. The molecule has 0 saturated carbocycles. The average Bonchev–Trinajstić information content (AvgIpc) is 2.21. The first kappa shape index (κ1) is 14.1. The molecule has 1 aromatic carbocycles. The molecule has 0 aliphatic carbocycles. The molecule has 1 rings (SSSR count). The van der Waals surface area contributed by atoms with Gasteiger partial charge < -0.3 is 9.47 Å². The number of hydrogen-bond donors (Lipinski definition) is 0. The van der Waals surface area contributed by atoms with Crippen LogP contribution in [0.15, 0.2) is 18.2 Å². The number of ether oxygens (including phenoxy) is 2. The molecular weight excluding hydrogens is 264 g/mol. The first-order valence-corrected chi connectivity index (χ1v) is 4.98. The summed E-state index contributed by atoms with van der Waals surface area (Å²) < 4.78 is 57.2. The molecule has 2 nitrogen and oxygen atoms in total. The Hall–Kier alpha value is -1.01. The Kier molecular flexibility index (Phi) is 5.02. The van der Waals surface area contributed by atoms with E-state index in [0.717, 1.165) is 6.07 Å². The van der Waals surface area contributed by atoms with Gasteiger partial charge in [-0.1, -0.05) is 11.6 Å². The molecule has 7 heteroatoms. The smallest absolute Gasteiger partial charge is 0.411 e. The normalized spacial score (nSPS) is 11.6. The Bertz CT molecular complexity index is 368. The minimum atomic E-state index is -4.35. The minimum Gasteiger partial charge on any atom is -0.491 e. The fourth-order valence-corrected chi connectivity index (χ4v) is 1.09. The van der Waals surface area contributed by atoms with Crippen molar-refractivity contribution >= 4 is 11.6 Å². The van der Waals surface area contributed by atoms with Crippen LogP contribution in [0.25, 0.3) is 0 Å². The molecule has 0 fully saturated rings. The highest BCUT2D eigenvalue weighted by atomic mass is 35.5. The van der Waals surface area contributed by atoms with Gasteiger partial charge in [0.05, 0.1) is 11.6 Å². The van der Waals surface area contributed by atoms with Gasteiger partial charge in [-0.05, 0) is 12.1 Å². The highest BCUT2D eigenvalue weighted by Crippen LogP contribution is 2.20. The number of hydrogen-bond acceptors (Lipinski definition) is 2. The van der Waals surface area contributed by atoms with Gasteiger partial charge in [-0.25, -0.2) is 4.39 Å². The van der Waals surface area contributed by atoms with Crippen LogP contribution in [0.5, 0.6) is 5.75 Å². The van der Waals surface area contributed by atoms with Crippen molar-refractivity contribution in [2.75, 3.05) is 19.8 Å². The summed E-state index contributed by atoms with van der Waals surface area (Å²) in [5.74, 6) is -0.470. The Labute approximate surface area is 100 Å². The van der Waals surface area contributed by atoms with Gasteiger partial charge in [0.15, 0.2) is 0 Å². The molecule has 0 atom stereocenters. The van der Waals surface area contributed by atoms with Gasteiger partial charge in [0, 0.05) is 6.07 Å². The van der Waals surface area contributed by atoms with Gasteiger partial charge in [0.1, 0.15) is 24.8 Å². The zero-order chi connectivity index (χ0) is 12.9. The zero-order valence-corrected chi connectivity index (χ0v) is 9.32. The van der Waals surface area contributed by atoms with E-state index in [-0.39, 0.29) is 24.0 Å². The van der Waals surface area contributed by atoms with Crippen LogP contribution in [0.3, 0.4) is 0 Å². The number of rotatable bonds is 5. The van der Waals surface area contributed by atoms with Crippen molar-refractivity contribution in [1.29, 1.82) is 0 Å². The summed E-state index contributed by atoms with van der Waals surface area (Å²) in [6.45, 7) is -1.66. The summed E-state index contributed by atoms with van der Waals surface area (Å²) in [6, 6.07) is 3.75. The lowest BCUT2D eigenvalue weighted by Crippen LogP contribution is -2.19. The maximum Gasteiger partial charge on any atom is 0.411 e. The Balaban J connectivity index is 2.25. The summed E-state index contributed by atoms with van der Waals surface area (Å²) in [7, 11) is 0. The van der Waals surface area contributed by atoms with E-state index >= 15 is 0 Å². The molecule has 0 heterocycles. The summed E-state index contributed by atoms with van der Waals surface area (Å²) in [6.07, 6.45) is -4.35. The Morgan fingerprint density at radius 2 is 1.88 bits per heavy atom. The van der Waals surface area contributed by atoms with E-state index in [4.69, 9.17) is 16.3 Å². The molecule has 0 spiro atoms. The molecular formula is C10H9ClF4O2. The second-order valence-electron chi connectivity index (χ2n) is 3.09. The number of benzene rings is 1. The summed E-state index contributed by atoms with van der Waals surface area (Å²) >= 11 is 5.43. The molecule has 17 heavy (non-hydrogen) atoms. The van der Waals surface area contributed by atoms with Crippen LogP contribution in [0.4, 0.5) is 17.6 Å². The summed E-state index contributed by atoms with van der Waals surface area (Å²) in [5, 5.41) is -0.0503. The van der Waals surface area contributed by atoms with Crippen molar-refractivity contribution in [1.82, 2.24) is 0 Å². The van der Waals surface area contributed by atoms with Gasteiger partial charge in [-0.15, -0.1) is 0 Å². The predicted octanol–water partition coefficient (Wildman–Crippen LogP) is 3.44. The van der Waals surface area contributed by atoms with E-state index in [1.54, 1.807) is 0 Å². The van der Waals surface area contributed by atoms with Gasteiger partial charge >= 0.3 is 6.18 Å². The standard InChI is InChI=1S/C10H9ClF4O2/c11-8-2-1-7(5-9(8)12)17-4-3-16-6-10(13,14)15/h1-2,5H,3-4,6H2. The van der Waals surface area contributed by atoms with E-state index in [1.165, 1.54) is 12.1 Å². The van der Waals surface area contributed by atoms with E-state index < -0.39 is 18.6 Å². The van der Waals surface area contributed by atoms with E-state index in [2.05, 4.69) is 4.74 Å². The van der Waals surface area contributed by atoms with Crippen molar-refractivity contribution in [3.05, 3.63) is 29.0 Å². The van der Waals surface area contributed by atoms with Crippen molar-refractivity contribution in [2.24, 2.45) is 0 Å². The van der Waals surface area contributed by atoms with Crippen molar-refractivity contribution in [2.45, 2.75) is 6.18 Å². The molecule has 0 aliphatic rings. The third-order valence-corrected chi connectivity index (χ3v) is 1.96. The highest BCUT2D eigenvalue weighted by molar-refractivity contribution is 6.30. The predicted molar refractivity (Wildman–Crippen MR) is 53.8 cm³/mol. The second kappa shape index (κ2) is 6.07. The van der Waals surface area contributed by atoms with Gasteiger partial charge in [0.25, 0.3) is 0 Å². The third kappa shape index (κ3) is 5.74. The molecule has 96 valence electrons. The maximum absolute atomic E-state index is 12.9. The van der Waals surface area contributed by atoms with Crippen LogP contribution >= 0.6 is 11.6 Å². The average molecular weight is 273 g/mol. The van der Waals surface area contributed by atoms with Crippen molar-refractivity contribution < 1.29 is 27.0 Å². The molecule has 0 aromatic heterocycles. The van der Waals surface area contributed by atoms with E-state index in [0.29, 0.717) is 0 Å². The lowest BCUT2D eigenvalue weighted by atomic mass is 10.3. The monoisotopic (exact) mass is 272 g/mol. The lowest BCUT2D eigenvalue weighted by molar-refractivity contribution is -0.175. The van der Waals surface area contributed by atoms with Crippen molar-refractivity contribution in [3.8, 4) is 5.75 Å². The SMILES string of the molecule is Fc1cc(OCCOCC(F)(F)F)ccc1Cl. The molecule has 0 unspecified atom stereocenters. The number of alkyl halides is 3. The molecule has 0 N–H and O–H groups in total. The second-order valence-corrected chi connectivity index (χ2v) is 3.50. The van der Waals surface area contributed by atoms with Crippen LogP contribution < -0.4 is 4.74 Å². The van der Waals surface area contributed by atoms with Crippen LogP contribution in [0, 0.1) is 5.82 Å². The minimum absolute atomic E-state index is 0.0503. The molecule has 0 aliphatic heterocycles. The van der Waals surface area contributed by atoms with E-state index in [1.807, 2.05) is 0 Å². The zero-order valence-electron chi connectivity index (χ0n) is 8.56. The first-order chi connectivity index (χ1) is 7.88. The fraction of sp³-hybridized carbons (Fsp3) is 0.400. The topological polar surface area (TPSA) is 18.5 Å². The van der Waals surface area contributed by atoms with Crippen molar-refractivity contribution in [3.63, 3.8) is 0 Å². The molecule has 0 bridgehead atoms. The van der Waals surface area contributed by atoms with Gasteiger partial charge in [-0.3, -0.25) is 0 Å². The largest absolute Gasteiger partial charge is 0.491 e. The van der Waals surface area contributed by atoms with Crippen LogP contribution in [-0.2, 0) is 4.74 Å². The Morgan fingerprint density at radius 1 is 1.18 bits per heavy atom. The van der Waals surface area contributed by atoms with Gasteiger partial charge in [0.2, 0.25) is 0 Å². The summed E-state index contributed by atoms with van der Waals surface area (Å²) in [4.78, 5) is 0.